The van der Waals surface area contributed by atoms with E-state index in [1.165, 1.54) is 50.4 Å². The number of aliphatic hydroxyl groups is 1. The first kappa shape index (κ1) is 36.0. The smallest absolute Gasteiger partial charge is 0.415 e. The standard InChI is InChI=1S/C34H37N5O10/c1-18-15-26(31(42)37-23-9-7-22(8-10-23)30(35)39-34(45)49-20(3)48-19(2)41)25(16-28(18)46-4)24-11-12-27(32(43)36-17-21-5-6-21)38-29(24)33(44)47-14-13-40/h7-12,15-16,20-21,40H,5-6,13-14,17H2,1-4H3,(H,36,43)(H,37,42)(H2,35,39,45). The van der Waals surface area contributed by atoms with Gasteiger partial charge in [0.15, 0.2) is 5.69 Å². The van der Waals surface area contributed by atoms with E-state index in [-0.39, 0.29) is 46.1 Å². The van der Waals surface area contributed by atoms with E-state index in [2.05, 4.69) is 20.9 Å². The molecule has 1 aromatic heterocycles. The number of nitrogens with zero attached hydrogens (tertiary/aromatic N) is 1. The maximum absolute atomic E-state index is 13.7. The number of aliphatic hydroxyl groups excluding tert-OH is 1. The van der Waals surface area contributed by atoms with Gasteiger partial charge in [0, 0.05) is 48.3 Å². The first-order valence-electron chi connectivity index (χ1n) is 15.3. The van der Waals surface area contributed by atoms with Gasteiger partial charge in [-0.3, -0.25) is 25.1 Å². The molecule has 0 spiro atoms. The Bertz CT molecular complexity index is 1750. The molecular formula is C34H37N5O10. The molecule has 1 unspecified atom stereocenters. The first-order chi connectivity index (χ1) is 23.4. The molecule has 15 heteroatoms. The van der Waals surface area contributed by atoms with Crippen LogP contribution in [0.3, 0.4) is 0 Å². The number of amides is 3. The van der Waals surface area contributed by atoms with Gasteiger partial charge in [-0.15, -0.1) is 0 Å². The second-order valence-corrected chi connectivity index (χ2v) is 11.1. The molecule has 1 aliphatic rings. The van der Waals surface area contributed by atoms with Gasteiger partial charge in [-0.25, -0.2) is 14.6 Å². The number of benzene rings is 2. The van der Waals surface area contributed by atoms with Gasteiger partial charge in [0.25, 0.3) is 11.8 Å². The Morgan fingerprint density at radius 1 is 1.00 bits per heavy atom. The van der Waals surface area contributed by atoms with Gasteiger partial charge in [0.2, 0.25) is 6.29 Å². The molecule has 2 aromatic carbocycles. The third kappa shape index (κ3) is 9.84. The fraction of sp³-hybridized carbons (Fsp3) is 0.324. The van der Waals surface area contributed by atoms with Crippen molar-refractivity contribution in [3.05, 3.63) is 76.6 Å². The number of hydrogen-bond acceptors (Lipinski definition) is 12. The molecule has 1 heterocycles. The minimum Gasteiger partial charge on any atom is -0.496 e. The average Bonchev–Trinajstić information content (AvgIpc) is 3.90. The number of ether oxygens (including phenoxy) is 4. The van der Waals surface area contributed by atoms with E-state index >= 15 is 0 Å². The first-order valence-corrected chi connectivity index (χ1v) is 15.3. The summed E-state index contributed by atoms with van der Waals surface area (Å²) in [6.45, 7) is 4.02. The number of pyridine rings is 1. The maximum Gasteiger partial charge on any atom is 0.415 e. The van der Waals surface area contributed by atoms with E-state index in [1.54, 1.807) is 19.1 Å². The van der Waals surface area contributed by atoms with E-state index in [9.17, 15) is 29.1 Å². The number of aryl methyl sites for hydroxylation is 1. The molecule has 1 aliphatic carbocycles. The number of alkyl carbamates (subject to hydrolysis) is 1. The molecule has 1 atom stereocenters. The Morgan fingerprint density at radius 2 is 1.71 bits per heavy atom. The van der Waals surface area contributed by atoms with Crippen LogP contribution in [0.25, 0.3) is 11.1 Å². The van der Waals surface area contributed by atoms with E-state index in [0.717, 1.165) is 19.8 Å². The number of anilines is 1. The van der Waals surface area contributed by atoms with Crippen LogP contribution in [0, 0.1) is 18.3 Å². The van der Waals surface area contributed by atoms with Crippen molar-refractivity contribution in [3.63, 3.8) is 0 Å². The van der Waals surface area contributed by atoms with Crippen molar-refractivity contribution in [2.24, 2.45) is 5.92 Å². The van der Waals surface area contributed by atoms with E-state index in [1.807, 2.05) is 0 Å². The lowest BCUT2D eigenvalue weighted by Crippen LogP contribution is -2.34. The molecular weight excluding hydrogens is 638 g/mol. The normalized spacial score (nSPS) is 12.6. The lowest BCUT2D eigenvalue weighted by atomic mass is 9.94. The number of nitrogens with one attached hydrogen (secondary N) is 4. The third-order valence-electron chi connectivity index (χ3n) is 7.23. The molecule has 0 bridgehead atoms. The maximum atomic E-state index is 13.7. The fourth-order valence-electron chi connectivity index (χ4n) is 4.66. The number of methoxy groups -OCH3 is 1. The summed E-state index contributed by atoms with van der Waals surface area (Å²) in [6, 6.07) is 12.1. The summed E-state index contributed by atoms with van der Waals surface area (Å²) in [6.07, 6.45) is -0.0829. The number of rotatable bonds is 13. The topological polar surface area (TPSA) is 215 Å². The van der Waals surface area contributed by atoms with Crippen molar-refractivity contribution in [2.75, 3.05) is 32.2 Å². The van der Waals surface area contributed by atoms with Crippen LogP contribution in [0.1, 0.15) is 69.2 Å². The minimum absolute atomic E-state index is 0.0160. The number of amidine groups is 1. The number of carbonyl (C=O) groups is 5. The zero-order valence-electron chi connectivity index (χ0n) is 27.4. The number of hydrogen-bond donors (Lipinski definition) is 5. The van der Waals surface area contributed by atoms with Gasteiger partial charge in [-0.05, 0) is 79.8 Å². The van der Waals surface area contributed by atoms with Crippen LogP contribution in [-0.4, -0.2) is 78.9 Å². The summed E-state index contributed by atoms with van der Waals surface area (Å²) in [7, 11) is 1.46. The zero-order valence-corrected chi connectivity index (χ0v) is 27.4. The zero-order chi connectivity index (χ0) is 35.7. The highest BCUT2D eigenvalue weighted by molar-refractivity contribution is 6.11. The van der Waals surface area contributed by atoms with Crippen molar-refractivity contribution < 1.29 is 48.0 Å². The molecule has 3 amide bonds. The molecule has 1 fully saturated rings. The van der Waals surface area contributed by atoms with Crippen LogP contribution in [0.15, 0.2) is 48.5 Å². The van der Waals surface area contributed by atoms with Crippen LogP contribution in [0.4, 0.5) is 10.5 Å². The second-order valence-electron chi connectivity index (χ2n) is 11.1. The van der Waals surface area contributed by atoms with Crippen molar-refractivity contribution in [1.29, 1.82) is 5.41 Å². The molecule has 5 N–H and O–H groups in total. The summed E-state index contributed by atoms with van der Waals surface area (Å²) >= 11 is 0. The van der Waals surface area contributed by atoms with Crippen LogP contribution in [0.5, 0.6) is 5.75 Å². The molecule has 0 saturated heterocycles. The summed E-state index contributed by atoms with van der Waals surface area (Å²) in [5.41, 5.74) is 1.60. The Hall–Kier alpha value is -5.83. The lowest BCUT2D eigenvalue weighted by molar-refractivity contribution is -0.161. The van der Waals surface area contributed by atoms with Crippen LogP contribution < -0.4 is 20.7 Å². The van der Waals surface area contributed by atoms with E-state index in [4.69, 9.17) is 24.4 Å². The average molecular weight is 676 g/mol. The van der Waals surface area contributed by atoms with Gasteiger partial charge < -0.3 is 34.7 Å². The molecule has 0 radical (unpaired) electrons. The second kappa shape index (κ2) is 16.3. The fourth-order valence-corrected chi connectivity index (χ4v) is 4.66. The molecule has 258 valence electrons. The minimum atomic E-state index is -1.15. The summed E-state index contributed by atoms with van der Waals surface area (Å²) in [5, 5.41) is 25.2. The molecule has 4 rings (SSSR count). The van der Waals surface area contributed by atoms with Crippen molar-refractivity contribution in [2.45, 2.75) is 39.9 Å². The van der Waals surface area contributed by atoms with E-state index < -0.39 is 42.7 Å². The highest BCUT2D eigenvalue weighted by Crippen LogP contribution is 2.34. The van der Waals surface area contributed by atoms with E-state index in [0.29, 0.717) is 29.5 Å². The monoisotopic (exact) mass is 675 g/mol. The Labute approximate surface area is 281 Å². The Kier molecular flexibility index (Phi) is 12.0. The van der Waals surface area contributed by atoms with Crippen molar-refractivity contribution >= 4 is 41.4 Å². The summed E-state index contributed by atoms with van der Waals surface area (Å²) in [5.74, 6) is -2.02. The SMILES string of the molecule is COc1cc(-c2ccc(C(=O)NCC3CC3)nc2C(=O)OCCO)c(C(=O)Nc2ccc(C(=N)NC(=O)OC(C)OC(C)=O)cc2)cc1C. The molecule has 1 saturated carbocycles. The van der Waals surface area contributed by atoms with Gasteiger partial charge in [-0.2, -0.15) is 0 Å². The van der Waals surface area contributed by atoms with Crippen molar-refractivity contribution in [3.8, 4) is 16.9 Å². The molecule has 3 aromatic rings. The van der Waals surface area contributed by atoms with Crippen LogP contribution in [0.2, 0.25) is 0 Å². The Balaban J connectivity index is 1.60. The van der Waals surface area contributed by atoms with Crippen LogP contribution in [-0.2, 0) is 19.0 Å². The predicted molar refractivity (Wildman–Crippen MR) is 175 cm³/mol. The number of esters is 2. The van der Waals surface area contributed by atoms with Crippen LogP contribution >= 0.6 is 0 Å². The third-order valence-corrected chi connectivity index (χ3v) is 7.23. The molecule has 49 heavy (non-hydrogen) atoms. The summed E-state index contributed by atoms with van der Waals surface area (Å²) in [4.78, 5) is 67.1. The summed E-state index contributed by atoms with van der Waals surface area (Å²) < 4.78 is 20.3. The Morgan fingerprint density at radius 3 is 2.35 bits per heavy atom. The predicted octanol–water partition coefficient (Wildman–Crippen LogP) is 3.57. The van der Waals surface area contributed by atoms with Crippen molar-refractivity contribution in [1.82, 2.24) is 15.6 Å². The molecule has 0 aliphatic heterocycles. The van der Waals surface area contributed by atoms with Gasteiger partial charge in [0.05, 0.1) is 13.7 Å². The quantitative estimate of drug-likeness (QED) is 0.0764. The highest BCUT2D eigenvalue weighted by Gasteiger charge is 2.26. The highest BCUT2D eigenvalue weighted by atomic mass is 16.7. The van der Waals surface area contributed by atoms with Gasteiger partial charge in [-0.1, -0.05) is 0 Å². The lowest BCUT2D eigenvalue weighted by Gasteiger charge is -2.17. The number of carbonyl (C=O) groups excluding carboxylic acids is 5. The van der Waals surface area contributed by atoms with Gasteiger partial charge >= 0.3 is 18.0 Å². The van der Waals surface area contributed by atoms with Gasteiger partial charge in [0.1, 0.15) is 23.9 Å². The number of aromatic nitrogens is 1. The largest absolute Gasteiger partial charge is 0.496 e. The molecule has 15 nitrogen and oxygen atoms in total.